The van der Waals surface area contributed by atoms with Crippen molar-refractivity contribution < 1.29 is 17.1 Å². The minimum atomic E-state index is 0. The van der Waals surface area contributed by atoms with Crippen LogP contribution in [0.1, 0.15) is 22.8 Å². The van der Waals surface area contributed by atoms with Gasteiger partial charge in [-0.05, 0) is 72.8 Å². The van der Waals surface area contributed by atoms with Gasteiger partial charge in [0.1, 0.15) is 0 Å². The van der Waals surface area contributed by atoms with E-state index in [1.165, 1.54) is 0 Å². The van der Waals surface area contributed by atoms with Gasteiger partial charge in [-0.15, -0.1) is 0 Å². The van der Waals surface area contributed by atoms with Gasteiger partial charge in [0.05, 0.1) is 22.8 Å². The molecule has 0 radical (unpaired) electrons. The summed E-state index contributed by atoms with van der Waals surface area (Å²) in [6.07, 6.45) is 8.09. The topological polar surface area (TPSA) is 57.4 Å². The number of fused-ring (bicyclic) bond motifs is 8. The summed E-state index contributed by atoms with van der Waals surface area (Å²) < 4.78 is 0. The van der Waals surface area contributed by atoms with E-state index in [1.807, 2.05) is 48.6 Å². The van der Waals surface area contributed by atoms with Crippen molar-refractivity contribution in [2.75, 3.05) is 0 Å². The van der Waals surface area contributed by atoms with Gasteiger partial charge in [0.2, 0.25) is 0 Å². The Balaban J connectivity index is 0.000000980. The van der Waals surface area contributed by atoms with Gasteiger partial charge >= 0.3 is 29.6 Å². The van der Waals surface area contributed by atoms with Gasteiger partial charge in [0.15, 0.2) is 0 Å². The second kappa shape index (κ2) is 7.78. The molecular formula is C20H15FeN4Na. The molecule has 2 aliphatic rings. The Bertz CT molecular complexity index is 996. The molecule has 5 heterocycles. The zero-order valence-corrected chi connectivity index (χ0v) is 14.3. The van der Waals surface area contributed by atoms with Gasteiger partial charge in [0.25, 0.3) is 0 Å². The molecule has 0 unspecified atom stereocenters. The summed E-state index contributed by atoms with van der Waals surface area (Å²) in [6.45, 7) is 0. The van der Waals surface area contributed by atoms with Crippen LogP contribution < -0.4 is 0 Å². The molecule has 0 aromatic carbocycles. The molecule has 0 saturated carbocycles. The molecule has 0 spiro atoms. The summed E-state index contributed by atoms with van der Waals surface area (Å²) in [7, 11) is 0. The van der Waals surface area contributed by atoms with Crippen molar-refractivity contribution in [3.8, 4) is 0 Å². The Labute approximate surface area is 183 Å². The molecule has 3 aromatic heterocycles. The molecule has 5 rings (SSSR count). The SMILES string of the molecule is C1=Cc2cc3ccc(cc4nc(cc5ccc(cc1n2)[nH]5)C=C4)[nH]3.[Fe].[NaH]. The van der Waals surface area contributed by atoms with E-state index in [1.54, 1.807) is 0 Å². The molecular weight excluding hydrogens is 375 g/mol. The number of aromatic amines is 2. The number of H-pyrrole nitrogens is 2. The molecule has 2 aliphatic heterocycles. The number of nitrogens with zero attached hydrogens (tertiary/aromatic N) is 2. The van der Waals surface area contributed by atoms with Gasteiger partial charge in [-0.25, -0.2) is 9.97 Å². The molecule has 6 heteroatoms. The Hall–Kier alpha value is -1.88. The summed E-state index contributed by atoms with van der Waals surface area (Å²) in [5.74, 6) is 0. The van der Waals surface area contributed by atoms with Crippen molar-refractivity contribution >= 4 is 75.9 Å². The zero-order valence-electron chi connectivity index (χ0n) is 13.2. The van der Waals surface area contributed by atoms with Crippen LogP contribution in [0.25, 0.3) is 46.4 Å². The van der Waals surface area contributed by atoms with Crippen molar-refractivity contribution in [2.45, 2.75) is 0 Å². The van der Waals surface area contributed by atoms with E-state index in [2.05, 4.69) is 44.2 Å². The minimum absolute atomic E-state index is 0. The van der Waals surface area contributed by atoms with Gasteiger partial charge < -0.3 is 9.97 Å². The fraction of sp³-hybridized carbons (Fsp3) is 0. The number of nitrogens with one attached hydrogen (secondary N) is 2. The normalized spacial score (nSPS) is 11.7. The van der Waals surface area contributed by atoms with Gasteiger partial charge in [-0.2, -0.15) is 0 Å². The van der Waals surface area contributed by atoms with Gasteiger partial charge in [0, 0.05) is 39.1 Å². The van der Waals surface area contributed by atoms with Crippen LogP contribution >= 0.6 is 0 Å². The molecule has 0 saturated heterocycles. The predicted octanol–water partition coefficient (Wildman–Crippen LogP) is 4.00. The van der Waals surface area contributed by atoms with E-state index in [-0.39, 0.29) is 46.6 Å². The average Bonchev–Trinajstić information content (AvgIpc) is 3.32. The first-order chi connectivity index (χ1) is 11.8. The average molecular weight is 390 g/mol. The molecule has 26 heavy (non-hydrogen) atoms. The molecule has 124 valence electrons. The van der Waals surface area contributed by atoms with E-state index in [9.17, 15) is 0 Å². The van der Waals surface area contributed by atoms with Crippen LogP contribution in [0.15, 0.2) is 48.5 Å². The third-order valence-electron chi connectivity index (χ3n) is 4.04. The van der Waals surface area contributed by atoms with Crippen molar-refractivity contribution in [1.29, 1.82) is 0 Å². The van der Waals surface area contributed by atoms with Crippen LogP contribution in [-0.4, -0.2) is 49.5 Å². The van der Waals surface area contributed by atoms with E-state index in [0.717, 1.165) is 44.8 Å². The van der Waals surface area contributed by atoms with Crippen LogP contribution in [0.5, 0.6) is 0 Å². The molecule has 0 fully saturated rings. The monoisotopic (exact) mass is 390 g/mol. The van der Waals surface area contributed by atoms with E-state index in [4.69, 9.17) is 0 Å². The third kappa shape index (κ3) is 3.93. The number of rotatable bonds is 0. The zero-order chi connectivity index (χ0) is 15.9. The van der Waals surface area contributed by atoms with Crippen LogP contribution in [0.4, 0.5) is 0 Å². The maximum absolute atomic E-state index is 4.63. The van der Waals surface area contributed by atoms with Crippen LogP contribution in [0.2, 0.25) is 0 Å². The van der Waals surface area contributed by atoms with E-state index in [0.29, 0.717) is 0 Å². The molecule has 0 atom stereocenters. The fourth-order valence-electron chi connectivity index (χ4n) is 2.94. The van der Waals surface area contributed by atoms with Crippen LogP contribution in [0.3, 0.4) is 0 Å². The molecule has 0 amide bonds. The quantitative estimate of drug-likeness (QED) is 0.393. The molecule has 4 nitrogen and oxygen atoms in total. The Morgan fingerprint density at radius 1 is 0.500 bits per heavy atom. The maximum atomic E-state index is 4.63. The first kappa shape index (κ1) is 18.9. The third-order valence-corrected chi connectivity index (χ3v) is 4.04. The van der Waals surface area contributed by atoms with Crippen molar-refractivity contribution in [3.63, 3.8) is 0 Å². The molecule has 0 aliphatic carbocycles. The Kier molecular flexibility index (Phi) is 5.66. The van der Waals surface area contributed by atoms with Gasteiger partial charge in [-0.3, -0.25) is 0 Å². The summed E-state index contributed by atoms with van der Waals surface area (Å²) in [4.78, 5) is 16.0. The van der Waals surface area contributed by atoms with Crippen molar-refractivity contribution in [3.05, 3.63) is 71.3 Å². The summed E-state index contributed by atoms with van der Waals surface area (Å²) >= 11 is 0. The second-order valence-electron chi connectivity index (χ2n) is 5.91. The summed E-state index contributed by atoms with van der Waals surface area (Å²) in [5, 5.41) is 0. The number of aromatic nitrogens is 4. The van der Waals surface area contributed by atoms with E-state index < -0.39 is 0 Å². The second-order valence-corrected chi connectivity index (χ2v) is 5.91. The summed E-state index contributed by atoms with van der Waals surface area (Å²) in [6, 6.07) is 16.4. The number of hydrogen-bond donors (Lipinski definition) is 2. The fourth-order valence-corrected chi connectivity index (χ4v) is 2.94. The van der Waals surface area contributed by atoms with Crippen LogP contribution in [-0.2, 0) is 17.1 Å². The standard InChI is InChI=1S/C20H14N4.Fe.Na.H/c1-2-14-10-16-5-6-18(23-16)12-20-8-7-19(24-20)11-17-4-3-15(22-17)9-13(1)21-14;;;/h1-12,21,24H;;;. The Morgan fingerprint density at radius 3 is 1.04 bits per heavy atom. The Morgan fingerprint density at radius 2 is 0.769 bits per heavy atom. The number of hydrogen-bond acceptors (Lipinski definition) is 2. The molecule has 2 N–H and O–H groups in total. The van der Waals surface area contributed by atoms with E-state index >= 15 is 0 Å². The first-order valence-corrected chi connectivity index (χ1v) is 7.85. The molecule has 3 aromatic rings. The van der Waals surface area contributed by atoms with Crippen molar-refractivity contribution in [1.82, 2.24) is 19.9 Å². The molecule has 8 bridgehead atoms. The first-order valence-electron chi connectivity index (χ1n) is 7.85. The van der Waals surface area contributed by atoms with Crippen molar-refractivity contribution in [2.24, 2.45) is 0 Å². The van der Waals surface area contributed by atoms with Crippen LogP contribution in [0, 0.1) is 0 Å². The predicted molar refractivity (Wildman–Crippen MR) is 106 cm³/mol. The van der Waals surface area contributed by atoms with Gasteiger partial charge in [-0.1, -0.05) is 0 Å². The summed E-state index contributed by atoms with van der Waals surface area (Å²) in [5.41, 5.74) is 7.86.